The Morgan fingerprint density at radius 1 is 1.33 bits per heavy atom. The van der Waals surface area contributed by atoms with Gasteiger partial charge in [0.15, 0.2) is 0 Å². The van der Waals surface area contributed by atoms with Crippen LogP contribution in [0.4, 0.5) is 0 Å². The van der Waals surface area contributed by atoms with Crippen LogP contribution in [-0.2, 0) is 0 Å². The molecule has 0 saturated heterocycles. The highest BCUT2D eigenvalue weighted by molar-refractivity contribution is 9.10. The maximum absolute atomic E-state index is 9.05. The average Bonchev–Trinajstić information content (AvgIpc) is 2.64. The summed E-state index contributed by atoms with van der Waals surface area (Å²) in [5, 5.41) is 9.05. The highest BCUT2D eigenvalue weighted by Crippen LogP contribution is 2.21. The average molecular weight is 261 g/mol. The van der Waals surface area contributed by atoms with Gasteiger partial charge in [0, 0.05) is 6.20 Å². The minimum Gasteiger partial charge on any atom is -0.310 e. The first-order valence-corrected chi connectivity index (χ1v) is 5.35. The Kier molecular flexibility index (Phi) is 2.61. The number of hydrogen-bond acceptors (Lipinski definition) is 1. The van der Waals surface area contributed by atoms with E-state index in [0.29, 0.717) is 5.56 Å². The summed E-state index contributed by atoms with van der Waals surface area (Å²) in [6.45, 7) is 1.98. The third-order valence-corrected chi connectivity index (χ3v) is 2.88. The highest BCUT2D eigenvalue weighted by Gasteiger charge is 2.06. The van der Waals surface area contributed by atoms with Crippen LogP contribution in [0.2, 0.25) is 0 Å². The number of hydrogen-bond donors (Lipinski definition) is 0. The van der Waals surface area contributed by atoms with Crippen LogP contribution >= 0.6 is 15.9 Å². The predicted molar refractivity (Wildman–Crippen MR) is 62.9 cm³/mol. The normalized spacial score (nSPS) is 9.93. The lowest BCUT2D eigenvalue weighted by Gasteiger charge is -2.07. The van der Waals surface area contributed by atoms with E-state index in [9.17, 15) is 0 Å². The van der Waals surface area contributed by atoms with Gasteiger partial charge >= 0.3 is 0 Å². The minimum atomic E-state index is 0.687. The van der Waals surface area contributed by atoms with Gasteiger partial charge in [-0.15, -0.1) is 0 Å². The molecule has 0 saturated carbocycles. The van der Waals surface area contributed by atoms with E-state index in [-0.39, 0.29) is 0 Å². The lowest BCUT2D eigenvalue weighted by Crippen LogP contribution is -1.96. The second-order valence-electron chi connectivity index (χ2n) is 3.33. The summed E-state index contributed by atoms with van der Waals surface area (Å²) < 4.78 is 2.89. The second kappa shape index (κ2) is 3.92. The van der Waals surface area contributed by atoms with E-state index in [1.54, 1.807) is 0 Å². The van der Waals surface area contributed by atoms with E-state index < -0.39 is 0 Å². The molecule has 0 bridgehead atoms. The molecule has 0 aliphatic rings. The Labute approximate surface area is 96.9 Å². The third kappa shape index (κ3) is 1.81. The van der Waals surface area contributed by atoms with Gasteiger partial charge in [-0.2, -0.15) is 5.26 Å². The van der Waals surface area contributed by atoms with E-state index in [2.05, 4.69) is 22.0 Å². The Morgan fingerprint density at radius 3 is 2.73 bits per heavy atom. The van der Waals surface area contributed by atoms with Crippen molar-refractivity contribution in [2.75, 3.05) is 0 Å². The van der Waals surface area contributed by atoms with Crippen molar-refractivity contribution in [2.45, 2.75) is 6.92 Å². The number of nitrogens with zero attached hydrogens (tertiary/aromatic N) is 2. The second-order valence-corrected chi connectivity index (χ2v) is 4.15. The molecular weight excluding hydrogens is 252 g/mol. The van der Waals surface area contributed by atoms with Gasteiger partial charge in [-0.05, 0) is 52.7 Å². The van der Waals surface area contributed by atoms with Crippen LogP contribution in [0.3, 0.4) is 0 Å². The van der Waals surface area contributed by atoms with Gasteiger partial charge in [-0.3, -0.25) is 0 Å². The van der Waals surface area contributed by atoms with Crippen LogP contribution in [0.5, 0.6) is 0 Å². The molecule has 0 spiro atoms. The van der Waals surface area contributed by atoms with Crippen LogP contribution in [0.15, 0.2) is 41.1 Å². The standard InChI is InChI=1S/C12H9BrN2/c1-9-4-5-11(10(7-9)8-14)15-6-2-3-12(15)13/h2-7H,1H3. The number of nitriles is 1. The van der Waals surface area contributed by atoms with Crippen molar-refractivity contribution in [1.82, 2.24) is 4.57 Å². The van der Waals surface area contributed by atoms with Crippen molar-refractivity contribution >= 4 is 15.9 Å². The van der Waals surface area contributed by atoms with Gasteiger partial charge < -0.3 is 4.57 Å². The van der Waals surface area contributed by atoms with Crippen molar-refractivity contribution in [3.8, 4) is 11.8 Å². The van der Waals surface area contributed by atoms with Gasteiger partial charge in [0.2, 0.25) is 0 Å². The minimum absolute atomic E-state index is 0.687. The molecule has 2 aromatic rings. The van der Waals surface area contributed by atoms with Crippen LogP contribution in [0.25, 0.3) is 5.69 Å². The molecule has 0 atom stereocenters. The fourth-order valence-corrected chi connectivity index (χ4v) is 1.97. The fraction of sp³-hybridized carbons (Fsp3) is 0.0833. The lowest BCUT2D eigenvalue weighted by atomic mass is 10.1. The van der Waals surface area contributed by atoms with Crippen LogP contribution in [0.1, 0.15) is 11.1 Å². The van der Waals surface area contributed by atoms with Crippen molar-refractivity contribution in [2.24, 2.45) is 0 Å². The largest absolute Gasteiger partial charge is 0.310 e. The van der Waals surface area contributed by atoms with E-state index in [4.69, 9.17) is 5.26 Å². The molecule has 15 heavy (non-hydrogen) atoms. The van der Waals surface area contributed by atoms with Crippen molar-refractivity contribution in [3.63, 3.8) is 0 Å². The van der Waals surface area contributed by atoms with E-state index in [1.165, 1.54) is 0 Å². The molecular formula is C12H9BrN2. The first-order valence-electron chi connectivity index (χ1n) is 4.56. The van der Waals surface area contributed by atoms with Crippen molar-refractivity contribution in [3.05, 3.63) is 52.3 Å². The molecule has 1 aromatic heterocycles. The lowest BCUT2D eigenvalue weighted by molar-refractivity contribution is 1.04. The predicted octanol–water partition coefficient (Wildman–Crippen LogP) is 3.42. The number of rotatable bonds is 1. The molecule has 2 rings (SSSR count). The fourth-order valence-electron chi connectivity index (χ4n) is 1.50. The summed E-state index contributed by atoms with van der Waals surface area (Å²) in [7, 11) is 0. The molecule has 1 heterocycles. The van der Waals surface area contributed by atoms with Gasteiger partial charge in [-0.1, -0.05) is 6.07 Å². The van der Waals surface area contributed by atoms with E-state index >= 15 is 0 Å². The highest BCUT2D eigenvalue weighted by atomic mass is 79.9. The Bertz CT molecular complexity index is 535. The zero-order valence-electron chi connectivity index (χ0n) is 8.24. The summed E-state index contributed by atoms with van der Waals surface area (Å²) in [5.74, 6) is 0. The monoisotopic (exact) mass is 260 g/mol. The number of benzene rings is 1. The van der Waals surface area contributed by atoms with Gasteiger partial charge in [0.25, 0.3) is 0 Å². The number of aromatic nitrogens is 1. The third-order valence-electron chi connectivity index (χ3n) is 2.23. The maximum Gasteiger partial charge on any atom is 0.101 e. The maximum atomic E-state index is 9.05. The molecule has 0 fully saturated rings. The summed E-state index contributed by atoms with van der Waals surface area (Å²) in [4.78, 5) is 0. The van der Waals surface area contributed by atoms with Crippen molar-refractivity contribution in [1.29, 1.82) is 5.26 Å². The van der Waals surface area contributed by atoms with Gasteiger partial charge in [0.1, 0.15) is 6.07 Å². The molecule has 0 aliphatic heterocycles. The molecule has 0 unspecified atom stereocenters. The van der Waals surface area contributed by atoms with Crippen LogP contribution in [-0.4, -0.2) is 4.57 Å². The molecule has 0 N–H and O–H groups in total. The Balaban J connectivity index is 2.64. The molecule has 2 nitrogen and oxygen atoms in total. The van der Waals surface area contributed by atoms with E-state index in [0.717, 1.165) is 15.9 Å². The van der Waals surface area contributed by atoms with Crippen LogP contribution < -0.4 is 0 Å². The zero-order chi connectivity index (χ0) is 10.8. The SMILES string of the molecule is Cc1ccc(-n2cccc2Br)c(C#N)c1. The Morgan fingerprint density at radius 2 is 2.13 bits per heavy atom. The summed E-state index contributed by atoms with van der Waals surface area (Å²) in [5.41, 5.74) is 2.69. The smallest absolute Gasteiger partial charge is 0.101 e. The quantitative estimate of drug-likeness (QED) is 0.773. The van der Waals surface area contributed by atoms with Gasteiger partial charge in [0.05, 0.1) is 15.9 Å². The topological polar surface area (TPSA) is 28.7 Å². The molecule has 0 amide bonds. The first-order chi connectivity index (χ1) is 7.22. The summed E-state index contributed by atoms with van der Waals surface area (Å²) in [6.07, 6.45) is 1.93. The zero-order valence-corrected chi connectivity index (χ0v) is 9.82. The molecule has 1 aromatic carbocycles. The molecule has 0 radical (unpaired) electrons. The van der Waals surface area contributed by atoms with Crippen LogP contribution in [0, 0.1) is 18.3 Å². The van der Waals surface area contributed by atoms with E-state index in [1.807, 2.05) is 48.0 Å². The van der Waals surface area contributed by atoms with Crippen molar-refractivity contribution < 1.29 is 0 Å². The molecule has 3 heteroatoms. The summed E-state index contributed by atoms with van der Waals surface area (Å²) >= 11 is 3.44. The molecule has 74 valence electrons. The number of halogens is 1. The molecule has 0 aliphatic carbocycles. The first kappa shape index (κ1) is 10.0. The summed E-state index contributed by atoms with van der Waals surface area (Å²) in [6, 6.07) is 11.9. The Hall–Kier alpha value is -1.53. The van der Waals surface area contributed by atoms with Gasteiger partial charge in [-0.25, -0.2) is 0 Å². The number of aryl methyl sites for hydroxylation is 1.